The summed E-state index contributed by atoms with van der Waals surface area (Å²) in [5.41, 5.74) is 24.3. The maximum Gasteiger partial charge on any atom is 0.248 e. The number of aromatic nitrogens is 6. The Morgan fingerprint density at radius 2 is 0.534 bits per heavy atom. The van der Waals surface area contributed by atoms with Crippen LogP contribution in [0.15, 0.2) is 276 Å². The van der Waals surface area contributed by atoms with E-state index in [9.17, 15) is 0 Å². The minimum absolute atomic E-state index is 0.355. The van der Waals surface area contributed by atoms with Crippen molar-refractivity contribution in [1.82, 2.24) is 30.4 Å². The van der Waals surface area contributed by atoms with E-state index in [1.54, 1.807) is 0 Å². The van der Waals surface area contributed by atoms with E-state index in [2.05, 4.69) is 228 Å². The largest absolute Gasteiger partial charge is 0.416 e. The van der Waals surface area contributed by atoms with Gasteiger partial charge in [0, 0.05) is 78.3 Å². The maximum absolute atomic E-state index is 6.15. The molecule has 10 nitrogen and oxygen atoms in total. The fourth-order valence-corrected chi connectivity index (χ4v) is 13.1. The molecule has 2 aliphatic carbocycles. The summed E-state index contributed by atoms with van der Waals surface area (Å²) in [7, 11) is 0. The van der Waals surface area contributed by atoms with Gasteiger partial charge in [-0.15, -0.1) is 20.4 Å². The lowest BCUT2D eigenvalue weighted by Gasteiger charge is -2.28. The van der Waals surface area contributed by atoms with Crippen LogP contribution < -0.4 is 9.80 Å². The SMILES string of the molecule is CC1(C)c2cc(-c3nc4ccccc4nc3-c3ccc4c(c3)C(C)(C)c3cc(N(c5ccccc5)c5ccc(-c6nnc(-c7ccccc7)o6)cc5)ccc3-4)ccc2-c2ccc(N(c3ccccc3)c3ccc(-c4nnc(-c5ccccc5)o4)cc3)cc21. The van der Waals surface area contributed by atoms with Crippen LogP contribution in [0.25, 0.3) is 102 Å². The predicted molar refractivity (Wildman–Crippen MR) is 352 cm³/mol. The Morgan fingerprint density at radius 3 is 0.898 bits per heavy atom. The van der Waals surface area contributed by atoms with Gasteiger partial charge in [0.25, 0.3) is 0 Å². The van der Waals surface area contributed by atoms with Crippen LogP contribution in [0.3, 0.4) is 0 Å². The second-order valence-electron chi connectivity index (χ2n) is 23.6. The molecule has 88 heavy (non-hydrogen) atoms. The number of benzene rings is 11. The molecule has 0 radical (unpaired) electrons. The van der Waals surface area contributed by atoms with Crippen LogP contribution >= 0.6 is 0 Å². The number of rotatable bonds is 12. The van der Waals surface area contributed by atoms with E-state index in [4.69, 9.17) is 18.8 Å². The zero-order chi connectivity index (χ0) is 59.1. The lowest BCUT2D eigenvalue weighted by molar-refractivity contribution is 0.584. The van der Waals surface area contributed by atoms with E-state index in [-0.39, 0.29) is 10.8 Å². The van der Waals surface area contributed by atoms with Gasteiger partial charge in [0.05, 0.1) is 22.4 Å². The molecule has 14 aromatic rings. The highest BCUT2D eigenvalue weighted by Gasteiger charge is 2.39. The van der Waals surface area contributed by atoms with Crippen LogP contribution in [0.2, 0.25) is 0 Å². The van der Waals surface area contributed by atoms with Crippen molar-refractivity contribution in [3.05, 3.63) is 289 Å². The smallest absolute Gasteiger partial charge is 0.248 e. The fourth-order valence-electron chi connectivity index (χ4n) is 13.1. The predicted octanol–water partition coefficient (Wildman–Crippen LogP) is 20.0. The number of fused-ring (bicyclic) bond motifs is 7. The fraction of sp³-hybridized carbons (Fsp3) is 0.0769. The van der Waals surface area contributed by atoms with Gasteiger partial charge in [-0.05, 0) is 190 Å². The van der Waals surface area contributed by atoms with E-state index in [0.29, 0.717) is 23.6 Å². The summed E-state index contributed by atoms with van der Waals surface area (Å²) in [6.07, 6.45) is 0. The molecule has 0 aliphatic heterocycles. The number of anilines is 6. The van der Waals surface area contributed by atoms with Crippen molar-refractivity contribution in [2.45, 2.75) is 38.5 Å². The van der Waals surface area contributed by atoms with Crippen LogP contribution in [0.5, 0.6) is 0 Å². The first-order valence-corrected chi connectivity index (χ1v) is 29.7. The Morgan fingerprint density at radius 1 is 0.261 bits per heavy atom. The van der Waals surface area contributed by atoms with Gasteiger partial charge in [0.1, 0.15) is 0 Å². The molecule has 0 fully saturated rings. The summed E-state index contributed by atoms with van der Waals surface area (Å²) in [5, 5.41) is 17.5. The molecule has 3 heterocycles. The molecular formula is C78H56N8O2. The van der Waals surface area contributed by atoms with Gasteiger partial charge in [-0.2, -0.15) is 0 Å². The van der Waals surface area contributed by atoms with Gasteiger partial charge < -0.3 is 18.6 Å². The van der Waals surface area contributed by atoms with Crippen LogP contribution in [0, 0.1) is 0 Å². The molecule has 0 bridgehead atoms. The third-order valence-corrected chi connectivity index (χ3v) is 17.6. The summed E-state index contributed by atoms with van der Waals surface area (Å²) in [6, 6.07) is 93.2. The topological polar surface area (TPSA) is 110 Å². The van der Waals surface area contributed by atoms with E-state index in [1.807, 2.05) is 97.1 Å². The van der Waals surface area contributed by atoms with Gasteiger partial charge in [0.15, 0.2) is 0 Å². The number of hydrogen-bond acceptors (Lipinski definition) is 10. The van der Waals surface area contributed by atoms with Crippen molar-refractivity contribution >= 4 is 45.2 Å². The molecule has 0 N–H and O–H groups in total. The summed E-state index contributed by atoms with van der Waals surface area (Å²) >= 11 is 0. The molecule has 420 valence electrons. The van der Waals surface area contributed by atoms with Gasteiger partial charge in [-0.3, -0.25) is 0 Å². The van der Waals surface area contributed by atoms with Crippen LogP contribution in [0.4, 0.5) is 34.1 Å². The Labute approximate surface area is 509 Å². The van der Waals surface area contributed by atoms with E-state index < -0.39 is 0 Å². The molecule has 0 unspecified atom stereocenters. The molecule has 3 aromatic heterocycles. The molecule has 16 rings (SSSR count). The monoisotopic (exact) mass is 1140 g/mol. The Hall–Kier alpha value is -11.4. The Bertz CT molecular complexity index is 4650. The standard InChI is InChI=1S/C78H56N8O2/c1-77(2)65-45-53(33-41-61(65)63-43-39-59(47-67(63)77)85(55-23-13-7-14-24-55)57-35-29-51(30-36-57)75-83-81-73(87-75)49-19-9-5-10-20-49)71-72(80-70-28-18-17-27-69(70)79-71)54-34-42-62-64-44-40-60(48-68(64)78(3,4)66(62)46-54)86(56-25-15-8-16-26-56)58-37-31-52(32-38-58)76-84-82-74(88-76)50-21-11-6-12-22-50/h5-48H,1-4H3. The van der Waals surface area contributed by atoms with Crippen LogP contribution in [0.1, 0.15) is 49.9 Å². The van der Waals surface area contributed by atoms with Gasteiger partial charge in [-0.1, -0.05) is 149 Å². The van der Waals surface area contributed by atoms with Crippen molar-refractivity contribution in [1.29, 1.82) is 0 Å². The first kappa shape index (κ1) is 52.2. The Kier molecular flexibility index (Phi) is 12.3. The molecular weight excluding hydrogens is 1080 g/mol. The lowest BCUT2D eigenvalue weighted by Crippen LogP contribution is -2.17. The van der Waals surface area contributed by atoms with Crippen molar-refractivity contribution in [3.8, 4) is 90.6 Å². The van der Waals surface area contributed by atoms with Crippen molar-refractivity contribution in [2.75, 3.05) is 9.80 Å². The average molecular weight is 1140 g/mol. The zero-order valence-corrected chi connectivity index (χ0v) is 48.8. The zero-order valence-electron chi connectivity index (χ0n) is 48.8. The van der Waals surface area contributed by atoms with E-state index in [0.717, 1.165) is 89.9 Å². The third kappa shape index (κ3) is 8.87. The van der Waals surface area contributed by atoms with Crippen molar-refractivity contribution < 1.29 is 8.83 Å². The molecule has 10 heteroatoms. The maximum atomic E-state index is 6.15. The highest BCUT2D eigenvalue weighted by Crippen LogP contribution is 2.54. The van der Waals surface area contributed by atoms with E-state index >= 15 is 0 Å². The third-order valence-electron chi connectivity index (χ3n) is 17.6. The number of nitrogens with zero attached hydrogens (tertiary/aromatic N) is 8. The molecule has 0 saturated carbocycles. The molecule has 0 atom stereocenters. The molecule has 0 saturated heterocycles. The molecule has 0 amide bonds. The molecule has 11 aromatic carbocycles. The summed E-state index contributed by atoms with van der Waals surface area (Å²) in [5.74, 6) is 1.92. The quantitative estimate of drug-likeness (QED) is 0.117. The summed E-state index contributed by atoms with van der Waals surface area (Å²) < 4.78 is 12.3. The minimum atomic E-state index is -0.355. The lowest BCUT2D eigenvalue weighted by atomic mass is 9.81. The average Bonchev–Trinajstić information content (AvgIpc) is 1.64. The highest BCUT2D eigenvalue weighted by molar-refractivity contribution is 5.93. The van der Waals surface area contributed by atoms with Crippen LogP contribution in [-0.2, 0) is 10.8 Å². The van der Waals surface area contributed by atoms with Gasteiger partial charge in [0.2, 0.25) is 23.6 Å². The highest BCUT2D eigenvalue weighted by atomic mass is 16.4. The molecule has 0 spiro atoms. The van der Waals surface area contributed by atoms with Gasteiger partial charge in [-0.25, -0.2) is 9.97 Å². The first-order valence-electron chi connectivity index (χ1n) is 29.7. The molecule has 2 aliphatic rings. The minimum Gasteiger partial charge on any atom is -0.416 e. The van der Waals surface area contributed by atoms with Crippen molar-refractivity contribution in [2.24, 2.45) is 0 Å². The second-order valence-corrected chi connectivity index (χ2v) is 23.6. The normalized spacial score (nSPS) is 13.2. The van der Waals surface area contributed by atoms with Crippen molar-refractivity contribution in [3.63, 3.8) is 0 Å². The second kappa shape index (κ2) is 20.7. The van der Waals surface area contributed by atoms with Gasteiger partial charge >= 0.3 is 0 Å². The van der Waals surface area contributed by atoms with E-state index in [1.165, 1.54) is 44.5 Å². The Balaban J connectivity index is 0.721. The summed E-state index contributed by atoms with van der Waals surface area (Å²) in [4.78, 5) is 15.6. The number of hydrogen-bond donors (Lipinski definition) is 0. The number of para-hydroxylation sites is 4. The van der Waals surface area contributed by atoms with Crippen LogP contribution in [-0.4, -0.2) is 30.4 Å². The first-order chi connectivity index (χ1) is 43.1. The summed E-state index contributed by atoms with van der Waals surface area (Å²) in [6.45, 7) is 9.36.